The highest BCUT2D eigenvalue weighted by atomic mass is 32.2. The number of hydrogen-bond acceptors (Lipinski definition) is 4. The van der Waals surface area contributed by atoms with Gasteiger partial charge in [0.25, 0.3) is 5.91 Å². The van der Waals surface area contributed by atoms with Crippen molar-refractivity contribution in [3.05, 3.63) is 47.8 Å². The Labute approximate surface area is 160 Å². The first-order chi connectivity index (χ1) is 12.9. The van der Waals surface area contributed by atoms with Crippen molar-refractivity contribution >= 4 is 15.9 Å². The van der Waals surface area contributed by atoms with Gasteiger partial charge in [-0.25, -0.2) is 13.1 Å². The van der Waals surface area contributed by atoms with Gasteiger partial charge in [0.1, 0.15) is 0 Å². The van der Waals surface area contributed by atoms with E-state index < -0.39 is 10.0 Å². The summed E-state index contributed by atoms with van der Waals surface area (Å²) >= 11 is 0. The fourth-order valence-corrected chi connectivity index (χ4v) is 4.61. The normalized spacial score (nSPS) is 19.0. The van der Waals surface area contributed by atoms with Gasteiger partial charge in [-0.15, -0.1) is 0 Å². The molecule has 1 aliphatic rings. The molecular weight excluding hydrogens is 364 g/mol. The van der Waals surface area contributed by atoms with Gasteiger partial charge in [-0.3, -0.25) is 9.89 Å². The molecule has 7 nitrogen and oxygen atoms in total. The number of aromatic nitrogens is 2. The third kappa shape index (κ3) is 4.56. The van der Waals surface area contributed by atoms with E-state index in [-0.39, 0.29) is 22.8 Å². The molecule has 1 aromatic carbocycles. The molecule has 2 aromatic rings. The average molecular weight is 391 g/mol. The van der Waals surface area contributed by atoms with E-state index in [2.05, 4.69) is 14.9 Å². The van der Waals surface area contributed by atoms with Crippen molar-refractivity contribution in [3.8, 4) is 0 Å². The summed E-state index contributed by atoms with van der Waals surface area (Å²) in [4.78, 5) is 14.8. The first kappa shape index (κ1) is 19.6. The molecule has 2 heterocycles. The number of amides is 1. The third-order valence-electron chi connectivity index (χ3n) is 5.05. The molecule has 0 radical (unpaired) electrons. The Morgan fingerprint density at radius 1 is 1.33 bits per heavy atom. The van der Waals surface area contributed by atoms with Crippen LogP contribution < -0.4 is 4.72 Å². The predicted molar refractivity (Wildman–Crippen MR) is 103 cm³/mol. The van der Waals surface area contributed by atoms with Crippen LogP contribution in [-0.4, -0.2) is 48.6 Å². The Morgan fingerprint density at radius 2 is 2.07 bits per heavy atom. The van der Waals surface area contributed by atoms with E-state index in [9.17, 15) is 13.2 Å². The van der Waals surface area contributed by atoms with Crippen molar-refractivity contribution < 1.29 is 13.2 Å². The topological polar surface area (TPSA) is 95.2 Å². The Balaban J connectivity index is 1.70. The first-order valence-electron chi connectivity index (χ1n) is 9.31. The van der Waals surface area contributed by atoms with E-state index in [0.717, 1.165) is 18.5 Å². The second kappa shape index (κ2) is 8.22. The highest BCUT2D eigenvalue weighted by Gasteiger charge is 2.26. The maximum atomic E-state index is 12.8. The van der Waals surface area contributed by atoms with Crippen LogP contribution in [0.15, 0.2) is 41.4 Å². The molecular formula is C19H26N4O3S. The van der Waals surface area contributed by atoms with E-state index in [0.29, 0.717) is 25.1 Å². The van der Waals surface area contributed by atoms with Crippen LogP contribution in [-0.2, 0) is 10.0 Å². The van der Waals surface area contributed by atoms with Crippen molar-refractivity contribution in [2.24, 2.45) is 0 Å². The summed E-state index contributed by atoms with van der Waals surface area (Å²) in [6.07, 6.45) is 4.39. The standard InChI is InChI=1S/C19H26N4O3S/c1-3-14(2)22-27(25,26)17-8-6-15(7-9-17)19(24)23-12-4-5-16(13-23)18-10-11-20-21-18/h6-11,14,16,22H,3-5,12-13H2,1-2H3,(H,20,21)/t14-,16+/m1/s1. The minimum absolute atomic E-state index is 0.0713. The number of sulfonamides is 1. The van der Waals surface area contributed by atoms with Crippen molar-refractivity contribution in [2.45, 2.75) is 50.0 Å². The van der Waals surface area contributed by atoms with E-state index >= 15 is 0 Å². The summed E-state index contributed by atoms with van der Waals surface area (Å²) in [6.45, 7) is 5.09. The number of nitrogens with one attached hydrogen (secondary N) is 2. The number of piperidine rings is 1. The number of hydrogen-bond donors (Lipinski definition) is 2. The molecule has 0 unspecified atom stereocenters. The average Bonchev–Trinajstić information content (AvgIpc) is 3.22. The number of carbonyl (C=O) groups is 1. The number of aromatic amines is 1. The van der Waals surface area contributed by atoms with Crippen molar-refractivity contribution in [2.75, 3.05) is 13.1 Å². The molecule has 0 bridgehead atoms. The summed E-state index contributed by atoms with van der Waals surface area (Å²) in [5.41, 5.74) is 1.55. The molecule has 0 spiro atoms. The lowest BCUT2D eigenvalue weighted by Gasteiger charge is -2.32. The Morgan fingerprint density at radius 3 is 2.70 bits per heavy atom. The van der Waals surface area contributed by atoms with Gasteiger partial charge in [0.15, 0.2) is 0 Å². The molecule has 8 heteroatoms. The van der Waals surface area contributed by atoms with Gasteiger partial charge in [0, 0.05) is 42.5 Å². The predicted octanol–water partition coefficient (Wildman–Crippen LogP) is 2.51. The van der Waals surface area contributed by atoms with Crippen LogP contribution in [0.25, 0.3) is 0 Å². The van der Waals surface area contributed by atoms with Crippen molar-refractivity contribution in [3.63, 3.8) is 0 Å². The van der Waals surface area contributed by atoms with Gasteiger partial charge >= 0.3 is 0 Å². The number of H-pyrrole nitrogens is 1. The van der Waals surface area contributed by atoms with Gasteiger partial charge in [-0.2, -0.15) is 5.10 Å². The highest BCUT2D eigenvalue weighted by molar-refractivity contribution is 7.89. The van der Waals surface area contributed by atoms with E-state index in [4.69, 9.17) is 0 Å². The zero-order valence-electron chi connectivity index (χ0n) is 15.7. The maximum absolute atomic E-state index is 12.8. The largest absolute Gasteiger partial charge is 0.338 e. The molecule has 1 saturated heterocycles. The highest BCUT2D eigenvalue weighted by Crippen LogP contribution is 2.26. The molecule has 0 aliphatic carbocycles. The molecule has 1 amide bonds. The quantitative estimate of drug-likeness (QED) is 0.792. The van der Waals surface area contributed by atoms with E-state index in [1.165, 1.54) is 12.1 Å². The van der Waals surface area contributed by atoms with Gasteiger partial charge < -0.3 is 4.90 Å². The molecule has 1 aliphatic heterocycles. The molecule has 27 heavy (non-hydrogen) atoms. The van der Waals surface area contributed by atoms with Crippen LogP contribution in [0.4, 0.5) is 0 Å². The van der Waals surface area contributed by atoms with Gasteiger partial charge in [0.05, 0.1) is 4.90 Å². The molecule has 146 valence electrons. The number of likely N-dealkylation sites (tertiary alicyclic amines) is 1. The van der Waals surface area contributed by atoms with E-state index in [1.807, 2.05) is 24.8 Å². The lowest BCUT2D eigenvalue weighted by molar-refractivity contribution is 0.0705. The summed E-state index contributed by atoms with van der Waals surface area (Å²) in [5, 5.41) is 6.98. The minimum atomic E-state index is -3.56. The summed E-state index contributed by atoms with van der Waals surface area (Å²) < 4.78 is 27.3. The molecule has 3 rings (SSSR count). The van der Waals surface area contributed by atoms with Crippen molar-refractivity contribution in [1.82, 2.24) is 19.8 Å². The smallest absolute Gasteiger partial charge is 0.253 e. The van der Waals surface area contributed by atoms with Crippen LogP contribution in [0.1, 0.15) is 55.1 Å². The molecule has 0 saturated carbocycles. The number of rotatable bonds is 6. The number of benzene rings is 1. The van der Waals surface area contributed by atoms with Crippen LogP contribution in [0.3, 0.4) is 0 Å². The van der Waals surface area contributed by atoms with Crippen LogP contribution in [0, 0.1) is 0 Å². The molecule has 2 N–H and O–H groups in total. The molecule has 2 atom stereocenters. The summed E-state index contributed by atoms with van der Waals surface area (Å²) in [5.74, 6) is 0.183. The minimum Gasteiger partial charge on any atom is -0.338 e. The lowest BCUT2D eigenvalue weighted by atomic mass is 9.94. The van der Waals surface area contributed by atoms with E-state index in [1.54, 1.807) is 18.3 Å². The Hall–Kier alpha value is -2.19. The van der Waals surface area contributed by atoms with Gasteiger partial charge in [0.2, 0.25) is 10.0 Å². The van der Waals surface area contributed by atoms with Crippen LogP contribution in [0.5, 0.6) is 0 Å². The summed E-state index contributed by atoms with van der Waals surface area (Å²) in [7, 11) is -3.56. The molecule has 1 aromatic heterocycles. The second-order valence-electron chi connectivity index (χ2n) is 7.06. The monoisotopic (exact) mass is 390 g/mol. The maximum Gasteiger partial charge on any atom is 0.253 e. The lowest BCUT2D eigenvalue weighted by Crippen LogP contribution is -2.39. The second-order valence-corrected chi connectivity index (χ2v) is 8.77. The van der Waals surface area contributed by atoms with Gasteiger partial charge in [-0.1, -0.05) is 6.92 Å². The van der Waals surface area contributed by atoms with Gasteiger partial charge in [-0.05, 0) is 56.5 Å². The Kier molecular flexibility index (Phi) is 5.96. The third-order valence-corrected chi connectivity index (χ3v) is 6.66. The Bertz CT molecular complexity index is 863. The number of carbonyl (C=O) groups excluding carboxylic acids is 1. The SMILES string of the molecule is CC[C@@H](C)NS(=O)(=O)c1ccc(C(=O)N2CCC[C@H](c3ccn[nH]3)C2)cc1. The molecule has 1 fully saturated rings. The zero-order valence-corrected chi connectivity index (χ0v) is 16.5. The summed E-state index contributed by atoms with van der Waals surface area (Å²) in [6, 6.07) is 7.98. The fraction of sp³-hybridized carbons (Fsp3) is 0.474. The zero-order chi connectivity index (χ0) is 19.4. The first-order valence-corrected chi connectivity index (χ1v) is 10.8. The van der Waals surface area contributed by atoms with Crippen LogP contribution >= 0.6 is 0 Å². The van der Waals surface area contributed by atoms with Crippen molar-refractivity contribution in [1.29, 1.82) is 0 Å². The fourth-order valence-electron chi connectivity index (χ4n) is 3.28. The number of nitrogens with zero attached hydrogens (tertiary/aromatic N) is 2. The van der Waals surface area contributed by atoms with Crippen LogP contribution in [0.2, 0.25) is 0 Å².